The highest BCUT2D eigenvalue weighted by molar-refractivity contribution is 5.41. The van der Waals surface area contributed by atoms with E-state index in [2.05, 4.69) is 20.4 Å². The summed E-state index contributed by atoms with van der Waals surface area (Å²) in [7, 11) is 0. The second-order valence-electron chi connectivity index (χ2n) is 2.50. The Morgan fingerprint density at radius 2 is 2.25 bits per heavy atom. The van der Waals surface area contributed by atoms with Crippen molar-refractivity contribution >= 4 is 5.69 Å². The Morgan fingerprint density at radius 1 is 1.25 bits per heavy atom. The van der Waals surface area contributed by atoms with Crippen LogP contribution in [0.15, 0.2) is 32.6 Å². The van der Waals surface area contributed by atoms with Gasteiger partial charge in [0.25, 0.3) is 0 Å². The standard InChI is InChI=1S/C7H4N4O/c1-2-5-7(8-3-12-5)6-4(1)9-11-10-6/h1-2H,3H2. The lowest BCUT2D eigenvalue weighted by Crippen LogP contribution is -2.22. The molecule has 5 heteroatoms. The van der Waals surface area contributed by atoms with Crippen LogP contribution in [0, 0.1) is 0 Å². The van der Waals surface area contributed by atoms with Crippen molar-refractivity contribution in [2.24, 2.45) is 20.4 Å². The maximum atomic E-state index is 5.21. The topological polar surface area (TPSA) is 58.7 Å². The SMILES string of the molecule is c1cc2c(c3c1N=NN=3)=NCO2. The Morgan fingerprint density at radius 3 is 3.25 bits per heavy atom. The van der Waals surface area contributed by atoms with Crippen LogP contribution in [-0.2, 0) is 0 Å². The van der Waals surface area contributed by atoms with Gasteiger partial charge in [-0.3, -0.25) is 0 Å². The lowest BCUT2D eigenvalue weighted by atomic mass is 10.3. The smallest absolute Gasteiger partial charge is 0.180 e. The molecule has 0 saturated carbocycles. The van der Waals surface area contributed by atoms with Crippen LogP contribution >= 0.6 is 0 Å². The van der Waals surface area contributed by atoms with Crippen LogP contribution in [0.1, 0.15) is 0 Å². The van der Waals surface area contributed by atoms with Gasteiger partial charge in [0.1, 0.15) is 22.2 Å². The summed E-state index contributed by atoms with van der Waals surface area (Å²) >= 11 is 0. The molecule has 12 heavy (non-hydrogen) atoms. The van der Waals surface area contributed by atoms with E-state index in [0.717, 1.165) is 22.2 Å². The first kappa shape index (κ1) is 5.82. The lowest BCUT2D eigenvalue weighted by molar-refractivity contribution is 0.352. The summed E-state index contributed by atoms with van der Waals surface area (Å²) in [6, 6.07) is 3.67. The average molecular weight is 160 g/mol. The van der Waals surface area contributed by atoms with Crippen LogP contribution in [0.4, 0.5) is 5.69 Å². The third-order valence-electron chi connectivity index (χ3n) is 1.83. The molecular weight excluding hydrogens is 156 g/mol. The number of hydrogen-bond donors (Lipinski definition) is 0. The van der Waals surface area contributed by atoms with Crippen LogP contribution in [0.25, 0.3) is 0 Å². The zero-order valence-electron chi connectivity index (χ0n) is 6.06. The minimum atomic E-state index is 0.376. The first-order chi connectivity index (χ1) is 5.95. The molecule has 58 valence electrons. The van der Waals surface area contributed by atoms with Crippen molar-refractivity contribution in [3.63, 3.8) is 0 Å². The molecule has 3 rings (SSSR count). The zero-order valence-corrected chi connectivity index (χ0v) is 6.06. The lowest BCUT2D eigenvalue weighted by Gasteiger charge is -1.92. The molecule has 0 N–H and O–H groups in total. The summed E-state index contributed by atoms with van der Waals surface area (Å²) in [4.78, 5) is 4.13. The molecule has 2 heterocycles. The number of nitrogens with zero attached hydrogens (tertiary/aromatic N) is 4. The molecule has 0 bridgehead atoms. The van der Waals surface area contributed by atoms with Crippen molar-refractivity contribution in [2.75, 3.05) is 6.73 Å². The maximum Gasteiger partial charge on any atom is 0.180 e. The van der Waals surface area contributed by atoms with E-state index in [0.29, 0.717) is 6.73 Å². The number of fused-ring (bicyclic) bond motifs is 3. The van der Waals surface area contributed by atoms with Crippen LogP contribution in [0.2, 0.25) is 0 Å². The molecule has 0 fully saturated rings. The van der Waals surface area contributed by atoms with E-state index in [1.165, 1.54) is 0 Å². The van der Waals surface area contributed by atoms with Crippen LogP contribution in [0.3, 0.4) is 0 Å². The predicted octanol–water partition coefficient (Wildman–Crippen LogP) is 0.288. The summed E-state index contributed by atoms with van der Waals surface area (Å²) in [6.45, 7) is 0.376. The molecule has 0 saturated heterocycles. The summed E-state index contributed by atoms with van der Waals surface area (Å²) in [5.41, 5.74) is 0.767. The molecule has 0 radical (unpaired) electrons. The first-order valence-electron chi connectivity index (χ1n) is 3.54. The van der Waals surface area contributed by atoms with Crippen LogP contribution < -0.4 is 15.5 Å². The average Bonchev–Trinajstić information content (AvgIpc) is 2.71. The summed E-state index contributed by atoms with van der Waals surface area (Å²) < 4.78 is 5.21. The van der Waals surface area contributed by atoms with E-state index in [9.17, 15) is 0 Å². The first-order valence-corrected chi connectivity index (χ1v) is 3.54. The predicted molar refractivity (Wildman–Crippen MR) is 38.8 cm³/mol. The van der Waals surface area contributed by atoms with E-state index < -0.39 is 0 Å². The molecule has 0 unspecified atom stereocenters. The van der Waals surface area contributed by atoms with Gasteiger partial charge >= 0.3 is 0 Å². The van der Waals surface area contributed by atoms with Gasteiger partial charge in [-0.05, 0) is 17.4 Å². The van der Waals surface area contributed by atoms with Gasteiger partial charge in [-0.15, -0.1) is 10.2 Å². The van der Waals surface area contributed by atoms with E-state index in [-0.39, 0.29) is 0 Å². The quantitative estimate of drug-likeness (QED) is 0.538. The van der Waals surface area contributed by atoms with Crippen molar-refractivity contribution in [3.05, 3.63) is 22.8 Å². The number of rotatable bonds is 0. The molecule has 2 aliphatic rings. The molecule has 0 aromatic heterocycles. The monoisotopic (exact) mass is 160 g/mol. The van der Waals surface area contributed by atoms with Crippen molar-refractivity contribution in [3.8, 4) is 5.75 Å². The van der Waals surface area contributed by atoms with Crippen LogP contribution in [-0.4, -0.2) is 6.73 Å². The Labute approximate surface area is 67.1 Å². The molecule has 5 nitrogen and oxygen atoms in total. The molecular formula is C7H4N4O. The third-order valence-corrected chi connectivity index (χ3v) is 1.83. The molecule has 0 atom stereocenters. The van der Waals surface area contributed by atoms with Crippen molar-refractivity contribution in [1.82, 2.24) is 0 Å². The minimum absolute atomic E-state index is 0.376. The van der Waals surface area contributed by atoms with Crippen LogP contribution in [0.5, 0.6) is 5.75 Å². The number of benzene rings is 1. The molecule has 0 aliphatic carbocycles. The van der Waals surface area contributed by atoms with E-state index >= 15 is 0 Å². The van der Waals surface area contributed by atoms with Gasteiger partial charge in [-0.2, -0.15) is 0 Å². The normalized spacial score (nSPS) is 16.0. The summed E-state index contributed by atoms with van der Waals surface area (Å²) in [5, 5.41) is 12.7. The Kier molecular flexibility index (Phi) is 0.910. The van der Waals surface area contributed by atoms with E-state index in [1.807, 2.05) is 12.1 Å². The van der Waals surface area contributed by atoms with E-state index in [1.54, 1.807) is 0 Å². The second kappa shape index (κ2) is 1.88. The van der Waals surface area contributed by atoms with Crippen molar-refractivity contribution < 1.29 is 4.74 Å². The fourth-order valence-electron chi connectivity index (χ4n) is 1.28. The third kappa shape index (κ3) is 0.578. The van der Waals surface area contributed by atoms with E-state index in [4.69, 9.17) is 4.74 Å². The highest BCUT2D eigenvalue weighted by Gasteiger charge is 2.12. The fourth-order valence-corrected chi connectivity index (χ4v) is 1.28. The minimum Gasteiger partial charge on any atom is -0.469 e. The van der Waals surface area contributed by atoms with Gasteiger partial charge in [-0.25, -0.2) is 4.99 Å². The fraction of sp³-hybridized carbons (Fsp3) is 0.143. The molecule has 1 aromatic carbocycles. The van der Waals surface area contributed by atoms with Gasteiger partial charge in [-0.1, -0.05) is 0 Å². The van der Waals surface area contributed by atoms with Gasteiger partial charge in [0, 0.05) is 0 Å². The Bertz CT molecular complexity index is 491. The van der Waals surface area contributed by atoms with Gasteiger partial charge in [0.15, 0.2) is 6.73 Å². The van der Waals surface area contributed by atoms with Crippen molar-refractivity contribution in [1.29, 1.82) is 0 Å². The largest absolute Gasteiger partial charge is 0.469 e. The highest BCUT2D eigenvalue weighted by atomic mass is 16.5. The molecule has 0 spiro atoms. The van der Waals surface area contributed by atoms with Crippen molar-refractivity contribution in [2.45, 2.75) is 0 Å². The maximum absolute atomic E-state index is 5.21. The zero-order chi connectivity index (χ0) is 7.97. The molecule has 1 aromatic rings. The second-order valence-corrected chi connectivity index (χ2v) is 2.50. The molecule has 2 aliphatic heterocycles. The Hall–Kier alpha value is -1.78. The highest BCUT2D eigenvalue weighted by Crippen LogP contribution is 2.14. The van der Waals surface area contributed by atoms with Gasteiger partial charge in [0.05, 0.1) is 0 Å². The number of ether oxygens (including phenoxy) is 1. The number of hydrogen-bond acceptors (Lipinski definition) is 5. The summed E-state index contributed by atoms with van der Waals surface area (Å²) in [6.07, 6.45) is 0. The summed E-state index contributed by atoms with van der Waals surface area (Å²) in [5.74, 6) is 0.768. The Balaban J connectivity index is 2.54. The van der Waals surface area contributed by atoms with Gasteiger partial charge in [0.2, 0.25) is 0 Å². The molecule has 0 amide bonds. The van der Waals surface area contributed by atoms with Gasteiger partial charge < -0.3 is 4.74 Å².